The molecule has 0 radical (unpaired) electrons. The lowest BCUT2D eigenvalue weighted by Crippen LogP contribution is -2.41. The zero-order chi connectivity index (χ0) is 30.3. The Balaban J connectivity index is 1.70. The Labute approximate surface area is 232 Å². The van der Waals surface area contributed by atoms with Gasteiger partial charge in [-0.25, -0.2) is 31.7 Å². The molecule has 41 heavy (non-hydrogen) atoms. The van der Waals surface area contributed by atoms with Crippen molar-refractivity contribution in [3.8, 4) is 11.3 Å². The monoisotopic (exact) mass is 620 g/mol. The molecule has 4 aromatic rings. The van der Waals surface area contributed by atoms with Crippen molar-refractivity contribution >= 4 is 38.0 Å². The number of sulfonamides is 1. The summed E-state index contributed by atoms with van der Waals surface area (Å²) in [4.78, 5) is 21.3. The van der Waals surface area contributed by atoms with Crippen LogP contribution in [0.3, 0.4) is 0 Å². The van der Waals surface area contributed by atoms with E-state index >= 15 is 0 Å². The minimum absolute atomic E-state index is 0.00865. The molecule has 220 valence electrons. The Morgan fingerprint density at radius 2 is 1.78 bits per heavy atom. The lowest BCUT2D eigenvalue weighted by atomic mass is 10.1. The maximum Gasteiger partial charge on any atom is 0.416 e. The average molecular weight is 621 g/mol. The lowest BCUT2D eigenvalue weighted by Gasteiger charge is -2.23. The standard InChI is InChI=1S/C23H21F5N6O5S2/c1-11-21(41(38,39)33(2)14(9-35)10-36)40-22(30-11)32-20(37)15-8-29-34-17(18(24)25)7-16(31-19(15)34)12-3-5-13(6-4-12)23(26,27)28/h3-8,14,18,35-36H,9-10H2,1-2H3,(H,30,32,37). The summed E-state index contributed by atoms with van der Waals surface area (Å²) in [6.07, 6.45) is -6.74. The minimum atomic E-state index is -4.61. The predicted octanol–water partition coefficient (Wildman–Crippen LogP) is 3.34. The van der Waals surface area contributed by atoms with Gasteiger partial charge < -0.3 is 10.2 Å². The van der Waals surface area contributed by atoms with Crippen LogP contribution in [0.2, 0.25) is 0 Å². The highest BCUT2D eigenvalue weighted by molar-refractivity contribution is 7.91. The summed E-state index contributed by atoms with van der Waals surface area (Å²) >= 11 is 0.580. The number of halogens is 5. The highest BCUT2D eigenvalue weighted by Gasteiger charge is 2.32. The predicted molar refractivity (Wildman–Crippen MR) is 136 cm³/mol. The smallest absolute Gasteiger partial charge is 0.395 e. The van der Waals surface area contributed by atoms with Gasteiger partial charge in [-0.1, -0.05) is 23.5 Å². The van der Waals surface area contributed by atoms with Gasteiger partial charge in [0.2, 0.25) is 0 Å². The number of carbonyl (C=O) groups excluding carboxylic acids is 1. The number of hydrogen-bond donors (Lipinski definition) is 3. The molecule has 18 heteroatoms. The summed E-state index contributed by atoms with van der Waals surface area (Å²) in [5.74, 6) is -0.924. The fourth-order valence-electron chi connectivity index (χ4n) is 3.73. The van der Waals surface area contributed by atoms with E-state index < -0.39 is 59.0 Å². The Morgan fingerprint density at radius 3 is 2.34 bits per heavy atom. The zero-order valence-corrected chi connectivity index (χ0v) is 22.7. The van der Waals surface area contributed by atoms with Crippen LogP contribution in [-0.2, 0) is 16.2 Å². The molecule has 0 saturated carbocycles. The SMILES string of the molecule is Cc1nc(NC(=O)c2cnn3c(C(F)F)cc(-c4ccc(C(F)(F)F)cc4)nc23)sc1S(=O)(=O)N(C)C(CO)CO. The first-order chi connectivity index (χ1) is 19.2. The molecule has 1 amide bonds. The molecule has 0 saturated heterocycles. The van der Waals surface area contributed by atoms with E-state index in [1.807, 2.05) is 0 Å². The third kappa shape index (κ3) is 5.91. The first-order valence-corrected chi connectivity index (χ1v) is 13.8. The van der Waals surface area contributed by atoms with Gasteiger partial charge in [0.15, 0.2) is 15.0 Å². The number of aliphatic hydroxyl groups excluding tert-OH is 2. The highest BCUT2D eigenvalue weighted by atomic mass is 32.2. The Kier molecular flexibility index (Phi) is 8.42. The number of carbonyl (C=O) groups is 1. The van der Waals surface area contributed by atoms with Crippen LogP contribution < -0.4 is 5.32 Å². The van der Waals surface area contributed by atoms with Crippen molar-refractivity contribution in [3.63, 3.8) is 0 Å². The summed E-state index contributed by atoms with van der Waals surface area (Å²) in [6, 6.07) is 3.48. The summed E-state index contributed by atoms with van der Waals surface area (Å²) in [7, 11) is -3.07. The Hall–Kier alpha value is -3.58. The van der Waals surface area contributed by atoms with Gasteiger partial charge in [-0.3, -0.25) is 10.1 Å². The molecule has 0 aliphatic heterocycles. The van der Waals surface area contributed by atoms with E-state index in [1.165, 1.54) is 6.92 Å². The molecule has 0 unspecified atom stereocenters. The lowest BCUT2D eigenvalue weighted by molar-refractivity contribution is -0.137. The molecule has 3 N–H and O–H groups in total. The maximum atomic E-state index is 13.9. The number of nitrogens with one attached hydrogen (secondary N) is 1. The van der Waals surface area contributed by atoms with Crippen LogP contribution in [0.1, 0.15) is 33.7 Å². The fraction of sp³-hybridized carbons (Fsp3) is 0.304. The van der Waals surface area contributed by atoms with Crippen LogP contribution in [-0.4, -0.2) is 74.7 Å². The second-order valence-electron chi connectivity index (χ2n) is 8.62. The number of rotatable bonds is 9. The topological polar surface area (TPSA) is 150 Å². The van der Waals surface area contributed by atoms with Crippen LogP contribution in [0.15, 0.2) is 40.7 Å². The fourth-order valence-corrected chi connectivity index (χ4v) is 6.65. The van der Waals surface area contributed by atoms with E-state index in [2.05, 4.69) is 20.4 Å². The van der Waals surface area contributed by atoms with Gasteiger partial charge in [-0.2, -0.15) is 22.6 Å². The van der Waals surface area contributed by atoms with Crippen LogP contribution >= 0.6 is 11.3 Å². The molecule has 0 aliphatic carbocycles. The molecule has 4 rings (SSSR count). The van der Waals surface area contributed by atoms with Gasteiger partial charge in [0.1, 0.15) is 11.3 Å². The van der Waals surface area contributed by atoms with Crippen LogP contribution in [0.5, 0.6) is 0 Å². The van der Waals surface area contributed by atoms with Gasteiger partial charge in [0, 0.05) is 12.6 Å². The van der Waals surface area contributed by atoms with Crippen molar-refractivity contribution in [2.75, 3.05) is 25.6 Å². The third-order valence-corrected chi connectivity index (χ3v) is 9.57. The largest absolute Gasteiger partial charge is 0.416 e. The number of amides is 1. The van der Waals surface area contributed by atoms with Crippen molar-refractivity contribution in [1.29, 1.82) is 0 Å². The van der Waals surface area contributed by atoms with Crippen LogP contribution in [0.25, 0.3) is 16.9 Å². The molecule has 0 atom stereocenters. The number of likely N-dealkylation sites (N-methyl/N-ethyl adjacent to an activating group) is 1. The molecule has 0 spiro atoms. The number of aromatic nitrogens is 4. The Bertz CT molecular complexity index is 1690. The second-order valence-corrected chi connectivity index (χ2v) is 11.8. The van der Waals surface area contributed by atoms with Gasteiger partial charge in [0.25, 0.3) is 22.4 Å². The van der Waals surface area contributed by atoms with Crippen molar-refractivity contribution in [1.82, 2.24) is 23.9 Å². The summed E-state index contributed by atoms with van der Waals surface area (Å²) in [5, 5.41) is 24.7. The summed E-state index contributed by atoms with van der Waals surface area (Å²) < 4.78 is 93.7. The summed E-state index contributed by atoms with van der Waals surface area (Å²) in [5.41, 5.74) is -2.30. The zero-order valence-electron chi connectivity index (χ0n) is 21.1. The van der Waals surface area contributed by atoms with E-state index in [4.69, 9.17) is 0 Å². The van der Waals surface area contributed by atoms with Crippen molar-refractivity contribution in [2.45, 2.75) is 29.8 Å². The number of aliphatic hydroxyl groups is 2. The van der Waals surface area contributed by atoms with E-state index in [0.29, 0.717) is 11.3 Å². The number of thiazole rings is 1. The molecule has 3 aromatic heterocycles. The molecule has 0 bridgehead atoms. The second kappa shape index (κ2) is 11.4. The number of benzene rings is 1. The van der Waals surface area contributed by atoms with Gasteiger partial charge >= 0.3 is 6.18 Å². The average Bonchev–Trinajstić information content (AvgIpc) is 3.51. The first-order valence-electron chi connectivity index (χ1n) is 11.5. The number of aryl methyl sites for hydroxylation is 1. The molecule has 0 fully saturated rings. The summed E-state index contributed by atoms with van der Waals surface area (Å²) in [6.45, 7) is 0.0663. The van der Waals surface area contributed by atoms with E-state index in [0.717, 1.165) is 52.4 Å². The number of alkyl halides is 5. The maximum absolute atomic E-state index is 13.9. The van der Waals surface area contributed by atoms with Crippen molar-refractivity contribution in [2.24, 2.45) is 0 Å². The molecule has 0 aliphatic rings. The molecule has 11 nitrogen and oxygen atoms in total. The van der Waals surface area contributed by atoms with Gasteiger partial charge in [-0.05, 0) is 25.1 Å². The molecule has 1 aromatic carbocycles. The molecule has 3 heterocycles. The number of fused-ring (bicyclic) bond motifs is 1. The van der Waals surface area contributed by atoms with Gasteiger partial charge in [-0.15, -0.1) is 0 Å². The van der Waals surface area contributed by atoms with E-state index in [1.54, 1.807) is 0 Å². The van der Waals surface area contributed by atoms with E-state index in [9.17, 15) is 45.4 Å². The molecular weight excluding hydrogens is 599 g/mol. The Morgan fingerprint density at radius 1 is 1.15 bits per heavy atom. The normalized spacial score (nSPS) is 12.7. The van der Waals surface area contributed by atoms with Crippen LogP contribution in [0.4, 0.5) is 27.1 Å². The highest BCUT2D eigenvalue weighted by Crippen LogP contribution is 2.33. The third-order valence-electron chi connectivity index (χ3n) is 6.00. The van der Waals surface area contributed by atoms with E-state index in [-0.39, 0.29) is 37.5 Å². The van der Waals surface area contributed by atoms with Gasteiger partial charge in [0.05, 0.1) is 42.4 Å². The number of hydrogen-bond acceptors (Lipinski definition) is 9. The minimum Gasteiger partial charge on any atom is -0.395 e. The quantitative estimate of drug-likeness (QED) is 0.241. The molecular formula is C23H21F5N6O5S2. The first kappa shape index (κ1) is 30.4. The number of anilines is 1. The van der Waals surface area contributed by atoms with Crippen molar-refractivity contribution < 1.29 is 45.4 Å². The van der Waals surface area contributed by atoms with Crippen LogP contribution in [0, 0.1) is 6.92 Å². The number of nitrogens with zero attached hydrogens (tertiary/aromatic N) is 5. The van der Waals surface area contributed by atoms with Crippen molar-refractivity contribution in [3.05, 3.63) is 59.0 Å².